The van der Waals surface area contributed by atoms with Gasteiger partial charge in [-0.05, 0) is 36.2 Å². The standard InChI is InChI=1S/C20H17BrN2O4S/c1-14-7-12-18(13-19(14)23(24)25)28(26,27)22-20(15-5-3-2-4-6-15)16-8-10-17(21)11-9-16/h2-13,20,22H,1H3/t20-/m1/s1. The molecule has 6 nitrogen and oxygen atoms in total. The van der Waals surface area contributed by atoms with Gasteiger partial charge < -0.3 is 0 Å². The quantitative estimate of drug-likeness (QED) is 0.425. The molecule has 144 valence electrons. The SMILES string of the molecule is Cc1ccc(S(=O)(=O)N[C@H](c2ccccc2)c2ccc(Br)cc2)cc1[N+](=O)[O-]. The molecule has 8 heteroatoms. The van der Waals surface area contributed by atoms with Crippen molar-refractivity contribution >= 4 is 31.6 Å². The minimum absolute atomic E-state index is 0.150. The summed E-state index contributed by atoms with van der Waals surface area (Å²) in [6.07, 6.45) is 0. The highest BCUT2D eigenvalue weighted by Gasteiger charge is 2.25. The van der Waals surface area contributed by atoms with Gasteiger partial charge in [0.2, 0.25) is 10.0 Å². The Morgan fingerprint density at radius 2 is 1.57 bits per heavy atom. The lowest BCUT2D eigenvalue weighted by molar-refractivity contribution is -0.385. The smallest absolute Gasteiger partial charge is 0.258 e. The van der Waals surface area contributed by atoms with Gasteiger partial charge in [0, 0.05) is 16.1 Å². The summed E-state index contributed by atoms with van der Waals surface area (Å²) >= 11 is 3.37. The molecule has 0 bridgehead atoms. The minimum Gasteiger partial charge on any atom is -0.258 e. The third-order valence-electron chi connectivity index (χ3n) is 4.30. The van der Waals surface area contributed by atoms with E-state index in [0.717, 1.165) is 21.7 Å². The number of hydrogen-bond donors (Lipinski definition) is 1. The van der Waals surface area contributed by atoms with Crippen molar-refractivity contribution in [1.29, 1.82) is 0 Å². The van der Waals surface area contributed by atoms with Gasteiger partial charge in [0.15, 0.2) is 0 Å². The van der Waals surface area contributed by atoms with E-state index in [4.69, 9.17) is 0 Å². The fraction of sp³-hybridized carbons (Fsp3) is 0.100. The number of benzene rings is 3. The van der Waals surface area contributed by atoms with Gasteiger partial charge in [0.1, 0.15) is 0 Å². The van der Waals surface area contributed by atoms with Crippen molar-refractivity contribution in [3.8, 4) is 0 Å². The number of hydrogen-bond acceptors (Lipinski definition) is 4. The number of sulfonamides is 1. The van der Waals surface area contributed by atoms with Crippen LogP contribution in [0.1, 0.15) is 22.7 Å². The molecule has 0 radical (unpaired) electrons. The van der Waals surface area contributed by atoms with Gasteiger partial charge >= 0.3 is 0 Å². The predicted octanol–water partition coefficient (Wildman–Crippen LogP) is 4.73. The number of rotatable bonds is 6. The maximum absolute atomic E-state index is 13.0. The van der Waals surface area contributed by atoms with Crippen molar-refractivity contribution in [3.63, 3.8) is 0 Å². The molecule has 0 aliphatic rings. The van der Waals surface area contributed by atoms with E-state index in [-0.39, 0.29) is 10.6 Å². The minimum atomic E-state index is -4.00. The van der Waals surface area contributed by atoms with Crippen LogP contribution in [0.2, 0.25) is 0 Å². The van der Waals surface area contributed by atoms with Crippen molar-refractivity contribution in [2.75, 3.05) is 0 Å². The summed E-state index contributed by atoms with van der Waals surface area (Å²) in [5, 5.41) is 11.2. The van der Waals surface area contributed by atoms with Gasteiger partial charge in [0.05, 0.1) is 15.9 Å². The van der Waals surface area contributed by atoms with E-state index in [1.807, 2.05) is 54.6 Å². The largest absolute Gasteiger partial charge is 0.273 e. The van der Waals surface area contributed by atoms with Gasteiger partial charge in [-0.15, -0.1) is 0 Å². The number of nitrogens with zero attached hydrogens (tertiary/aromatic N) is 1. The highest BCUT2D eigenvalue weighted by molar-refractivity contribution is 9.10. The molecule has 0 aromatic heterocycles. The normalized spacial score (nSPS) is 12.5. The molecule has 0 heterocycles. The van der Waals surface area contributed by atoms with Crippen molar-refractivity contribution in [1.82, 2.24) is 4.72 Å². The topological polar surface area (TPSA) is 89.3 Å². The second-order valence-corrected chi connectivity index (χ2v) is 8.85. The summed E-state index contributed by atoms with van der Waals surface area (Å²) in [6, 6.07) is 19.7. The van der Waals surface area contributed by atoms with E-state index < -0.39 is 21.0 Å². The summed E-state index contributed by atoms with van der Waals surface area (Å²) in [5.74, 6) is 0. The van der Waals surface area contributed by atoms with Gasteiger partial charge in [-0.25, -0.2) is 8.42 Å². The summed E-state index contributed by atoms with van der Waals surface area (Å²) in [6.45, 7) is 1.57. The van der Waals surface area contributed by atoms with Crippen molar-refractivity contribution in [2.24, 2.45) is 0 Å². The van der Waals surface area contributed by atoms with Crippen LogP contribution in [0.25, 0.3) is 0 Å². The molecule has 1 atom stereocenters. The molecule has 1 N–H and O–H groups in total. The van der Waals surface area contributed by atoms with Gasteiger partial charge in [-0.1, -0.05) is 64.5 Å². The zero-order valence-corrected chi connectivity index (χ0v) is 17.3. The first-order valence-corrected chi connectivity index (χ1v) is 10.6. The Morgan fingerprint density at radius 3 is 2.18 bits per heavy atom. The highest BCUT2D eigenvalue weighted by atomic mass is 79.9. The molecule has 0 amide bonds. The lowest BCUT2D eigenvalue weighted by Gasteiger charge is -2.20. The van der Waals surface area contributed by atoms with E-state index in [2.05, 4.69) is 20.7 Å². The molecule has 0 saturated carbocycles. The maximum atomic E-state index is 13.0. The van der Waals surface area contributed by atoms with Crippen LogP contribution in [-0.4, -0.2) is 13.3 Å². The van der Waals surface area contributed by atoms with E-state index in [1.54, 1.807) is 6.92 Å². The van der Waals surface area contributed by atoms with E-state index in [9.17, 15) is 18.5 Å². The molecule has 0 aliphatic heterocycles. The fourth-order valence-corrected chi connectivity index (χ4v) is 4.30. The Hall–Kier alpha value is -2.55. The predicted molar refractivity (Wildman–Crippen MR) is 111 cm³/mol. The Kier molecular flexibility index (Phi) is 5.93. The summed E-state index contributed by atoms with van der Waals surface area (Å²) in [5.41, 5.74) is 1.67. The molecule has 0 saturated heterocycles. The number of nitro benzene ring substituents is 1. The van der Waals surface area contributed by atoms with Crippen molar-refractivity contribution in [3.05, 3.63) is 104 Å². The van der Waals surface area contributed by atoms with Crippen LogP contribution >= 0.6 is 15.9 Å². The summed E-state index contributed by atoms with van der Waals surface area (Å²) in [4.78, 5) is 10.4. The second kappa shape index (κ2) is 8.22. The van der Waals surface area contributed by atoms with Crippen LogP contribution in [0.4, 0.5) is 5.69 Å². The van der Waals surface area contributed by atoms with Crippen molar-refractivity contribution < 1.29 is 13.3 Å². The van der Waals surface area contributed by atoms with Crippen LogP contribution in [0, 0.1) is 17.0 Å². The molecule has 0 aliphatic carbocycles. The maximum Gasteiger partial charge on any atom is 0.273 e. The lowest BCUT2D eigenvalue weighted by Crippen LogP contribution is -2.29. The van der Waals surface area contributed by atoms with Gasteiger partial charge in [-0.3, -0.25) is 10.1 Å². The first-order valence-electron chi connectivity index (χ1n) is 8.36. The van der Waals surface area contributed by atoms with Crippen LogP contribution in [0.15, 0.2) is 82.2 Å². The molecular formula is C20H17BrN2O4S. The Morgan fingerprint density at radius 1 is 0.964 bits per heavy atom. The average molecular weight is 461 g/mol. The Balaban J connectivity index is 2.04. The molecule has 3 aromatic carbocycles. The first-order chi connectivity index (χ1) is 13.3. The molecule has 3 rings (SSSR count). The highest BCUT2D eigenvalue weighted by Crippen LogP contribution is 2.28. The zero-order chi connectivity index (χ0) is 20.3. The first kappa shape index (κ1) is 20.2. The van der Waals surface area contributed by atoms with E-state index in [0.29, 0.717) is 5.56 Å². The average Bonchev–Trinajstić information content (AvgIpc) is 2.67. The summed E-state index contributed by atoms with van der Waals surface area (Å²) in [7, 11) is -4.00. The second-order valence-electron chi connectivity index (χ2n) is 6.22. The number of nitro groups is 1. The number of aryl methyl sites for hydroxylation is 1. The Bertz CT molecular complexity index is 1100. The van der Waals surface area contributed by atoms with Gasteiger partial charge in [0.25, 0.3) is 5.69 Å². The Labute approximate surface area is 171 Å². The molecule has 0 fully saturated rings. The molecule has 28 heavy (non-hydrogen) atoms. The number of nitrogens with one attached hydrogen (secondary N) is 1. The van der Waals surface area contributed by atoms with Crippen LogP contribution in [-0.2, 0) is 10.0 Å². The van der Waals surface area contributed by atoms with Crippen molar-refractivity contribution in [2.45, 2.75) is 17.9 Å². The third-order valence-corrected chi connectivity index (χ3v) is 6.25. The third kappa shape index (κ3) is 4.46. The van der Waals surface area contributed by atoms with Crippen LogP contribution in [0.3, 0.4) is 0 Å². The van der Waals surface area contributed by atoms with Crippen LogP contribution in [0.5, 0.6) is 0 Å². The van der Waals surface area contributed by atoms with E-state index >= 15 is 0 Å². The number of halogens is 1. The lowest BCUT2D eigenvalue weighted by atomic mass is 10.00. The fourth-order valence-electron chi connectivity index (χ4n) is 2.81. The monoisotopic (exact) mass is 460 g/mol. The van der Waals surface area contributed by atoms with E-state index in [1.165, 1.54) is 12.1 Å². The summed E-state index contributed by atoms with van der Waals surface area (Å²) < 4.78 is 29.6. The zero-order valence-electron chi connectivity index (χ0n) is 14.9. The molecule has 0 unspecified atom stereocenters. The molecule has 0 spiro atoms. The van der Waals surface area contributed by atoms with Gasteiger partial charge in [-0.2, -0.15) is 4.72 Å². The molecular weight excluding hydrogens is 444 g/mol. The van der Waals surface area contributed by atoms with Crippen LogP contribution < -0.4 is 4.72 Å². The molecule has 3 aromatic rings.